The molecule has 1 aliphatic carbocycles. The minimum absolute atomic E-state index is 0.410. The summed E-state index contributed by atoms with van der Waals surface area (Å²) in [5, 5.41) is 0. The zero-order chi connectivity index (χ0) is 13.1. The van der Waals surface area contributed by atoms with E-state index in [-0.39, 0.29) is 0 Å². The molecule has 1 unspecified atom stereocenters. The molecule has 0 spiro atoms. The van der Waals surface area contributed by atoms with E-state index in [1.54, 1.807) is 0 Å². The van der Waals surface area contributed by atoms with E-state index < -0.39 is 0 Å². The van der Waals surface area contributed by atoms with Gasteiger partial charge in [0.05, 0.1) is 5.69 Å². The maximum atomic E-state index is 4.81. The van der Waals surface area contributed by atoms with Gasteiger partial charge in [-0.3, -0.25) is 4.98 Å². The van der Waals surface area contributed by atoms with Crippen molar-refractivity contribution in [3.05, 3.63) is 78.0 Å². The summed E-state index contributed by atoms with van der Waals surface area (Å²) in [6.07, 6.45) is 7.77. The molecule has 1 heteroatoms. The molecule has 0 radical (unpaired) electrons. The van der Waals surface area contributed by atoms with Gasteiger partial charge >= 0.3 is 0 Å². The lowest BCUT2D eigenvalue weighted by Gasteiger charge is -2.15. The third-order valence-corrected chi connectivity index (χ3v) is 3.51. The lowest BCUT2D eigenvalue weighted by molar-refractivity contribution is 0.810. The summed E-state index contributed by atoms with van der Waals surface area (Å²) in [4.78, 5) is 4.81. The smallest absolute Gasteiger partial charge is 0.0705 e. The number of aromatic nitrogens is 1. The van der Waals surface area contributed by atoms with Crippen LogP contribution in [0.5, 0.6) is 0 Å². The SMILES string of the molecule is CC1=CCC(c2cccc(-c3ccccc3)n2)C=C1. The lowest BCUT2D eigenvalue weighted by Crippen LogP contribution is -2.01. The van der Waals surface area contributed by atoms with Crippen molar-refractivity contribution in [3.8, 4) is 11.3 Å². The normalized spacial score (nSPS) is 18.2. The molecule has 1 aliphatic rings. The van der Waals surface area contributed by atoms with Crippen LogP contribution in [0.3, 0.4) is 0 Å². The first kappa shape index (κ1) is 11.9. The molecule has 1 aromatic heterocycles. The van der Waals surface area contributed by atoms with Gasteiger partial charge in [-0.2, -0.15) is 0 Å². The van der Waals surface area contributed by atoms with Crippen LogP contribution in [0, 0.1) is 0 Å². The molecular formula is C18H17N. The highest BCUT2D eigenvalue weighted by molar-refractivity contribution is 5.59. The minimum Gasteiger partial charge on any atom is -0.252 e. The maximum absolute atomic E-state index is 4.81. The first-order chi connectivity index (χ1) is 9.33. The molecule has 0 aliphatic heterocycles. The molecule has 2 aromatic rings. The number of benzene rings is 1. The second-order valence-corrected chi connectivity index (χ2v) is 4.96. The summed E-state index contributed by atoms with van der Waals surface area (Å²) in [6, 6.07) is 16.6. The lowest BCUT2D eigenvalue weighted by atomic mass is 9.93. The van der Waals surface area contributed by atoms with Gasteiger partial charge in [0.2, 0.25) is 0 Å². The molecule has 19 heavy (non-hydrogen) atoms. The molecule has 1 heterocycles. The maximum Gasteiger partial charge on any atom is 0.0705 e. The van der Waals surface area contributed by atoms with Crippen LogP contribution >= 0.6 is 0 Å². The van der Waals surface area contributed by atoms with Crippen molar-refractivity contribution >= 4 is 0 Å². The molecule has 0 bridgehead atoms. The van der Waals surface area contributed by atoms with Crippen LogP contribution in [0.4, 0.5) is 0 Å². The van der Waals surface area contributed by atoms with Crippen molar-refractivity contribution < 1.29 is 0 Å². The molecule has 1 atom stereocenters. The van der Waals surface area contributed by atoms with E-state index in [0.29, 0.717) is 5.92 Å². The highest BCUT2D eigenvalue weighted by Crippen LogP contribution is 2.27. The van der Waals surface area contributed by atoms with E-state index in [4.69, 9.17) is 4.98 Å². The Morgan fingerprint density at radius 2 is 1.84 bits per heavy atom. The van der Waals surface area contributed by atoms with Gasteiger partial charge in [0, 0.05) is 17.2 Å². The molecule has 0 saturated carbocycles. The number of hydrogen-bond acceptors (Lipinski definition) is 1. The minimum atomic E-state index is 0.410. The van der Waals surface area contributed by atoms with Crippen molar-refractivity contribution in [1.29, 1.82) is 0 Å². The fraction of sp³-hybridized carbons (Fsp3) is 0.167. The second-order valence-electron chi connectivity index (χ2n) is 4.96. The Bertz CT molecular complexity index is 623. The van der Waals surface area contributed by atoms with Crippen LogP contribution in [0.2, 0.25) is 0 Å². The van der Waals surface area contributed by atoms with E-state index in [2.05, 4.69) is 67.6 Å². The summed E-state index contributed by atoms with van der Waals surface area (Å²) in [6.45, 7) is 2.14. The van der Waals surface area contributed by atoms with Crippen LogP contribution in [0.15, 0.2) is 72.3 Å². The fourth-order valence-corrected chi connectivity index (χ4v) is 2.37. The zero-order valence-electron chi connectivity index (χ0n) is 11.1. The predicted octanol–water partition coefficient (Wildman–Crippen LogP) is 4.74. The van der Waals surface area contributed by atoms with Crippen molar-refractivity contribution in [3.63, 3.8) is 0 Å². The van der Waals surface area contributed by atoms with Crippen LogP contribution < -0.4 is 0 Å². The predicted molar refractivity (Wildman–Crippen MR) is 79.9 cm³/mol. The molecular weight excluding hydrogens is 230 g/mol. The van der Waals surface area contributed by atoms with Crippen molar-refractivity contribution in [2.75, 3.05) is 0 Å². The Morgan fingerprint density at radius 1 is 1.00 bits per heavy atom. The molecule has 0 N–H and O–H groups in total. The summed E-state index contributed by atoms with van der Waals surface area (Å²) < 4.78 is 0. The van der Waals surface area contributed by atoms with Crippen LogP contribution in [0.1, 0.15) is 25.0 Å². The monoisotopic (exact) mass is 247 g/mol. The third kappa shape index (κ3) is 2.65. The van der Waals surface area contributed by atoms with Gasteiger partial charge < -0.3 is 0 Å². The van der Waals surface area contributed by atoms with Gasteiger partial charge in [-0.05, 0) is 25.5 Å². The van der Waals surface area contributed by atoms with Gasteiger partial charge in [-0.15, -0.1) is 0 Å². The van der Waals surface area contributed by atoms with E-state index in [0.717, 1.165) is 17.8 Å². The fourth-order valence-electron chi connectivity index (χ4n) is 2.37. The second kappa shape index (κ2) is 5.23. The summed E-state index contributed by atoms with van der Waals surface area (Å²) in [7, 11) is 0. The molecule has 1 aromatic carbocycles. The number of allylic oxidation sites excluding steroid dienone is 4. The van der Waals surface area contributed by atoms with E-state index >= 15 is 0 Å². The first-order valence-electron chi connectivity index (χ1n) is 6.70. The third-order valence-electron chi connectivity index (χ3n) is 3.51. The van der Waals surface area contributed by atoms with Gasteiger partial charge in [-0.1, -0.05) is 60.2 Å². The summed E-state index contributed by atoms with van der Waals surface area (Å²) in [5.74, 6) is 0.410. The van der Waals surface area contributed by atoms with E-state index in [1.807, 2.05) is 6.07 Å². The average molecular weight is 247 g/mol. The Balaban J connectivity index is 1.91. The number of pyridine rings is 1. The van der Waals surface area contributed by atoms with Gasteiger partial charge in [-0.25, -0.2) is 0 Å². The molecule has 3 rings (SSSR count). The Hall–Kier alpha value is -2.15. The van der Waals surface area contributed by atoms with Crippen molar-refractivity contribution in [2.24, 2.45) is 0 Å². The standard InChI is InChI=1S/C18H17N/c1-14-10-12-16(13-11-14)18-9-5-8-17(19-18)15-6-3-2-4-7-15/h2-12,16H,13H2,1H3. The number of hydrogen-bond donors (Lipinski definition) is 0. The molecule has 1 nitrogen and oxygen atoms in total. The number of nitrogens with zero attached hydrogens (tertiary/aromatic N) is 1. The van der Waals surface area contributed by atoms with Crippen molar-refractivity contribution in [1.82, 2.24) is 4.98 Å². The molecule has 94 valence electrons. The highest BCUT2D eigenvalue weighted by atomic mass is 14.7. The van der Waals surface area contributed by atoms with Crippen LogP contribution in [-0.4, -0.2) is 4.98 Å². The topological polar surface area (TPSA) is 12.9 Å². The first-order valence-corrected chi connectivity index (χ1v) is 6.70. The van der Waals surface area contributed by atoms with E-state index in [9.17, 15) is 0 Å². The molecule has 0 fully saturated rings. The molecule has 0 saturated heterocycles. The summed E-state index contributed by atoms with van der Waals surface area (Å²) in [5.41, 5.74) is 4.73. The van der Waals surface area contributed by atoms with Crippen molar-refractivity contribution in [2.45, 2.75) is 19.3 Å². The average Bonchev–Trinajstić information content (AvgIpc) is 2.49. The van der Waals surface area contributed by atoms with E-state index in [1.165, 1.54) is 11.1 Å². The number of rotatable bonds is 2. The summed E-state index contributed by atoms with van der Waals surface area (Å²) >= 11 is 0. The van der Waals surface area contributed by atoms with Gasteiger partial charge in [0.25, 0.3) is 0 Å². The highest BCUT2D eigenvalue weighted by Gasteiger charge is 2.12. The molecule has 0 amide bonds. The van der Waals surface area contributed by atoms with Gasteiger partial charge in [0.15, 0.2) is 0 Å². The zero-order valence-corrected chi connectivity index (χ0v) is 11.1. The van der Waals surface area contributed by atoms with Crippen LogP contribution in [-0.2, 0) is 0 Å². The largest absolute Gasteiger partial charge is 0.252 e. The Morgan fingerprint density at radius 3 is 2.58 bits per heavy atom. The Kier molecular flexibility index (Phi) is 3.28. The Labute approximate surface area is 114 Å². The quantitative estimate of drug-likeness (QED) is 0.747. The van der Waals surface area contributed by atoms with Crippen LogP contribution in [0.25, 0.3) is 11.3 Å². The van der Waals surface area contributed by atoms with Gasteiger partial charge in [0.1, 0.15) is 0 Å².